The molecule has 1 aliphatic heterocycles. The van der Waals surface area contributed by atoms with Crippen molar-refractivity contribution in [1.82, 2.24) is 0 Å². The van der Waals surface area contributed by atoms with Gasteiger partial charge < -0.3 is 9.31 Å². The van der Waals surface area contributed by atoms with Gasteiger partial charge in [0.25, 0.3) is 0 Å². The lowest BCUT2D eigenvalue weighted by Gasteiger charge is -2.32. The molecule has 3 heteroatoms. The SMILES string of the molecule is CC1(C)OB(c2ccc(/C=C\c3ccccc3)cc2)OC1(C)C. The summed E-state index contributed by atoms with van der Waals surface area (Å²) in [5, 5.41) is 0. The average Bonchev–Trinajstić information content (AvgIpc) is 2.75. The topological polar surface area (TPSA) is 18.5 Å². The highest BCUT2D eigenvalue weighted by Crippen LogP contribution is 2.36. The Labute approximate surface area is 139 Å². The Morgan fingerprint density at radius 2 is 1.17 bits per heavy atom. The van der Waals surface area contributed by atoms with Gasteiger partial charge in [-0.15, -0.1) is 0 Å². The van der Waals surface area contributed by atoms with Crippen LogP contribution >= 0.6 is 0 Å². The lowest BCUT2D eigenvalue weighted by atomic mass is 9.79. The van der Waals surface area contributed by atoms with Crippen molar-refractivity contribution in [3.8, 4) is 0 Å². The summed E-state index contributed by atoms with van der Waals surface area (Å²) < 4.78 is 12.2. The van der Waals surface area contributed by atoms with Crippen molar-refractivity contribution in [2.24, 2.45) is 0 Å². The second kappa shape index (κ2) is 5.99. The predicted octanol–water partition coefficient (Wildman–Crippen LogP) is 4.16. The molecule has 2 nitrogen and oxygen atoms in total. The zero-order valence-corrected chi connectivity index (χ0v) is 14.2. The molecule has 0 bridgehead atoms. The van der Waals surface area contributed by atoms with Gasteiger partial charge in [-0.05, 0) is 44.3 Å². The summed E-state index contributed by atoms with van der Waals surface area (Å²) >= 11 is 0. The van der Waals surface area contributed by atoms with E-state index in [1.165, 1.54) is 5.56 Å². The van der Waals surface area contributed by atoms with Gasteiger partial charge in [-0.3, -0.25) is 0 Å². The maximum atomic E-state index is 6.08. The van der Waals surface area contributed by atoms with E-state index in [-0.39, 0.29) is 18.3 Å². The Morgan fingerprint density at radius 1 is 0.696 bits per heavy atom. The first-order chi connectivity index (χ1) is 10.9. The van der Waals surface area contributed by atoms with Crippen molar-refractivity contribution in [1.29, 1.82) is 0 Å². The Bertz CT molecular complexity index is 671. The first kappa shape index (κ1) is 16.0. The monoisotopic (exact) mass is 306 g/mol. The maximum Gasteiger partial charge on any atom is 0.494 e. The molecule has 0 aliphatic carbocycles. The third-order valence-electron chi connectivity index (χ3n) is 4.73. The zero-order chi connectivity index (χ0) is 16.5. The van der Waals surface area contributed by atoms with Crippen LogP contribution in [0.1, 0.15) is 38.8 Å². The van der Waals surface area contributed by atoms with Crippen LogP contribution in [0, 0.1) is 0 Å². The smallest absolute Gasteiger partial charge is 0.399 e. The van der Waals surface area contributed by atoms with Crippen LogP contribution in [-0.4, -0.2) is 18.3 Å². The molecule has 0 saturated carbocycles. The summed E-state index contributed by atoms with van der Waals surface area (Å²) in [6, 6.07) is 18.6. The van der Waals surface area contributed by atoms with Gasteiger partial charge in [0.05, 0.1) is 11.2 Å². The summed E-state index contributed by atoms with van der Waals surface area (Å²) in [5.41, 5.74) is 2.81. The highest BCUT2D eigenvalue weighted by molar-refractivity contribution is 6.62. The van der Waals surface area contributed by atoms with Crippen LogP contribution in [0.3, 0.4) is 0 Å². The molecule has 2 aromatic carbocycles. The first-order valence-corrected chi connectivity index (χ1v) is 8.06. The summed E-state index contributed by atoms with van der Waals surface area (Å²) in [4.78, 5) is 0. The average molecular weight is 306 g/mol. The lowest BCUT2D eigenvalue weighted by Crippen LogP contribution is -2.41. The fraction of sp³-hybridized carbons (Fsp3) is 0.300. The lowest BCUT2D eigenvalue weighted by molar-refractivity contribution is 0.00578. The predicted molar refractivity (Wildman–Crippen MR) is 97.5 cm³/mol. The van der Waals surface area contributed by atoms with Crippen LogP contribution in [0.25, 0.3) is 12.2 Å². The van der Waals surface area contributed by atoms with Gasteiger partial charge in [0.2, 0.25) is 0 Å². The molecule has 0 amide bonds. The van der Waals surface area contributed by atoms with Crippen molar-refractivity contribution in [2.45, 2.75) is 38.9 Å². The van der Waals surface area contributed by atoms with Crippen LogP contribution in [0.4, 0.5) is 0 Å². The molecule has 2 aromatic rings. The second-order valence-electron chi connectivity index (χ2n) is 7.00. The Hall–Kier alpha value is -1.84. The normalized spacial score (nSPS) is 19.4. The Morgan fingerprint density at radius 3 is 1.70 bits per heavy atom. The Balaban J connectivity index is 1.72. The van der Waals surface area contributed by atoms with E-state index in [0.717, 1.165) is 11.0 Å². The molecule has 1 saturated heterocycles. The summed E-state index contributed by atoms with van der Waals surface area (Å²) in [5.74, 6) is 0. The van der Waals surface area contributed by atoms with Crippen LogP contribution in [0.15, 0.2) is 54.6 Å². The van der Waals surface area contributed by atoms with Gasteiger partial charge >= 0.3 is 7.12 Å². The van der Waals surface area contributed by atoms with E-state index in [9.17, 15) is 0 Å². The molecule has 1 heterocycles. The Kier molecular flexibility index (Phi) is 4.18. The molecule has 1 aliphatic rings. The fourth-order valence-electron chi connectivity index (χ4n) is 2.50. The van der Waals surface area contributed by atoms with E-state index in [4.69, 9.17) is 9.31 Å². The van der Waals surface area contributed by atoms with E-state index in [1.54, 1.807) is 0 Å². The fourth-order valence-corrected chi connectivity index (χ4v) is 2.50. The first-order valence-electron chi connectivity index (χ1n) is 8.06. The number of benzene rings is 2. The highest BCUT2D eigenvalue weighted by atomic mass is 16.7. The highest BCUT2D eigenvalue weighted by Gasteiger charge is 2.51. The van der Waals surface area contributed by atoms with Crippen molar-refractivity contribution in [3.05, 3.63) is 65.7 Å². The molecule has 0 aromatic heterocycles. The van der Waals surface area contributed by atoms with Crippen LogP contribution < -0.4 is 5.46 Å². The van der Waals surface area contributed by atoms with Crippen molar-refractivity contribution >= 4 is 24.7 Å². The van der Waals surface area contributed by atoms with Crippen LogP contribution in [-0.2, 0) is 9.31 Å². The molecule has 118 valence electrons. The molecule has 0 atom stereocenters. The minimum absolute atomic E-state index is 0.299. The minimum atomic E-state index is -0.302. The summed E-state index contributed by atoms with van der Waals surface area (Å²) in [6.07, 6.45) is 4.23. The molecule has 23 heavy (non-hydrogen) atoms. The maximum absolute atomic E-state index is 6.08. The van der Waals surface area contributed by atoms with Crippen molar-refractivity contribution < 1.29 is 9.31 Å². The van der Waals surface area contributed by atoms with Crippen LogP contribution in [0.2, 0.25) is 0 Å². The third-order valence-corrected chi connectivity index (χ3v) is 4.73. The summed E-state index contributed by atoms with van der Waals surface area (Å²) in [7, 11) is -0.299. The number of hydrogen-bond acceptors (Lipinski definition) is 2. The van der Waals surface area contributed by atoms with Crippen molar-refractivity contribution in [2.75, 3.05) is 0 Å². The standard InChI is InChI=1S/C20H23BO2/c1-19(2)20(3,4)23-21(22-19)18-14-12-17(13-15-18)11-10-16-8-6-5-7-9-16/h5-15H,1-4H3/b11-10-. The summed E-state index contributed by atoms with van der Waals surface area (Å²) in [6.45, 7) is 8.29. The van der Waals surface area contributed by atoms with E-state index >= 15 is 0 Å². The zero-order valence-electron chi connectivity index (χ0n) is 14.2. The number of hydrogen-bond donors (Lipinski definition) is 0. The van der Waals surface area contributed by atoms with Gasteiger partial charge in [-0.2, -0.15) is 0 Å². The largest absolute Gasteiger partial charge is 0.494 e. The van der Waals surface area contributed by atoms with Gasteiger partial charge in [0.1, 0.15) is 0 Å². The van der Waals surface area contributed by atoms with Crippen molar-refractivity contribution in [3.63, 3.8) is 0 Å². The van der Waals surface area contributed by atoms with Gasteiger partial charge in [0, 0.05) is 0 Å². The molecule has 0 N–H and O–H groups in total. The van der Waals surface area contributed by atoms with E-state index < -0.39 is 0 Å². The number of rotatable bonds is 3. The minimum Gasteiger partial charge on any atom is -0.399 e. The molecular formula is C20H23BO2. The van der Waals surface area contributed by atoms with E-state index in [2.05, 4.69) is 76.2 Å². The molecular weight excluding hydrogens is 283 g/mol. The molecule has 3 rings (SSSR count). The van der Waals surface area contributed by atoms with E-state index in [1.807, 2.05) is 18.2 Å². The third kappa shape index (κ3) is 3.41. The van der Waals surface area contributed by atoms with E-state index in [0.29, 0.717) is 0 Å². The molecule has 1 fully saturated rings. The molecule has 0 spiro atoms. The van der Waals surface area contributed by atoms with Crippen LogP contribution in [0.5, 0.6) is 0 Å². The van der Waals surface area contributed by atoms with Gasteiger partial charge in [-0.1, -0.05) is 66.7 Å². The van der Waals surface area contributed by atoms with Gasteiger partial charge in [-0.25, -0.2) is 0 Å². The molecule has 0 unspecified atom stereocenters. The molecule has 0 radical (unpaired) electrons. The second-order valence-corrected chi connectivity index (χ2v) is 7.00. The quantitative estimate of drug-likeness (QED) is 0.626. The van der Waals surface area contributed by atoms with Gasteiger partial charge in [0.15, 0.2) is 0 Å².